The van der Waals surface area contributed by atoms with Crippen LogP contribution in [0.1, 0.15) is 20.8 Å². The molecule has 0 rings (SSSR count). The van der Waals surface area contributed by atoms with Crippen molar-refractivity contribution >= 4 is 11.1 Å². The molecule has 0 aromatic rings. The van der Waals surface area contributed by atoms with Crippen molar-refractivity contribution in [3.8, 4) is 0 Å². The Morgan fingerprint density at radius 3 is 1.36 bits per heavy atom. The van der Waals surface area contributed by atoms with Crippen LogP contribution < -0.4 is 0 Å². The molecular weight excluding hydrogens is 162 g/mol. The minimum absolute atomic E-state index is 1.19. The van der Waals surface area contributed by atoms with Gasteiger partial charge in [-0.25, -0.2) is 4.21 Å². The normalized spacial score (nSPS) is 12.2. The zero-order valence-corrected chi connectivity index (χ0v) is 8.65. The highest BCUT2D eigenvalue weighted by Crippen LogP contribution is 1.81. The Balaban J connectivity index is 0. The summed E-state index contributed by atoms with van der Waals surface area (Å²) in [6.45, 7) is 10.1. The standard InChI is InChI=1S/C6H15N.CH4O2S/c1-4-7(5-2)6-3;1-4(2)3/h4-6H2,1-3H3;1H3,(H,2,3). The summed E-state index contributed by atoms with van der Waals surface area (Å²) in [4.78, 5) is 2.38. The zero-order chi connectivity index (χ0) is 9.28. The molecule has 0 spiro atoms. The third-order valence-corrected chi connectivity index (χ3v) is 1.34. The summed E-state index contributed by atoms with van der Waals surface area (Å²) in [5, 5.41) is 0. The molecule has 0 aliphatic rings. The monoisotopic (exact) mass is 181 g/mol. The third kappa shape index (κ3) is 17.8. The largest absolute Gasteiger partial charge is 0.306 e. The molecule has 0 aliphatic heterocycles. The van der Waals surface area contributed by atoms with Crippen molar-refractivity contribution < 1.29 is 8.76 Å². The fraction of sp³-hybridized carbons (Fsp3) is 1.00. The minimum Gasteiger partial charge on any atom is -0.306 e. The summed E-state index contributed by atoms with van der Waals surface area (Å²) < 4.78 is 16.6. The number of rotatable bonds is 3. The molecule has 1 atom stereocenters. The fourth-order valence-electron chi connectivity index (χ4n) is 0.671. The predicted molar refractivity (Wildman–Crippen MR) is 50.2 cm³/mol. The Morgan fingerprint density at radius 1 is 1.18 bits per heavy atom. The van der Waals surface area contributed by atoms with E-state index in [0.29, 0.717) is 0 Å². The Kier molecular flexibility index (Phi) is 12.5. The SMILES string of the molecule is CCN(CC)CC.CS(=O)O. The highest BCUT2D eigenvalue weighted by atomic mass is 32.2. The van der Waals surface area contributed by atoms with Gasteiger partial charge in [-0.2, -0.15) is 0 Å². The van der Waals surface area contributed by atoms with Gasteiger partial charge in [0.1, 0.15) is 11.1 Å². The van der Waals surface area contributed by atoms with Gasteiger partial charge in [0.15, 0.2) is 0 Å². The lowest BCUT2D eigenvalue weighted by atomic mass is 10.5. The summed E-state index contributed by atoms with van der Waals surface area (Å²) in [6.07, 6.45) is 1.19. The molecule has 0 saturated carbocycles. The summed E-state index contributed by atoms with van der Waals surface area (Å²) in [7, 11) is 0. The topological polar surface area (TPSA) is 40.5 Å². The first kappa shape index (κ1) is 13.6. The maximum atomic E-state index is 9.11. The van der Waals surface area contributed by atoms with Crippen LogP contribution in [0.25, 0.3) is 0 Å². The van der Waals surface area contributed by atoms with Gasteiger partial charge < -0.3 is 9.45 Å². The molecule has 3 nitrogen and oxygen atoms in total. The van der Waals surface area contributed by atoms with Gasteiger partial charge in [-0.3, -0.25) is 0 Å². The van der Waals surface area contributed by atoms with E-state index < -0.39 is 11.1 Å². The smallest absolute Gasteiger partial charge is 0.149 e. The molecule has 0 aromatic heterocycles. The highest BCUT2D eigenvalue weighted by Gasteiger charge is 1.89. The van der Waals surface area contributed by atoms with Gasteiger partial charge >= 0.3 is 0 Å². The average molecular weight is 181 g/mol. The summed E-state index contributed by atoms with van der Waals surface area (Å²) in [5.74, 6) is 0. The summed E-state index contributed by atoms with van der Waals surface area (Å²) >= 11 is -1.61. The molecule has 1 N–H and O–H groups in total. The van der Waals surface area contributed by atoms with E-state index in [2.05, 4.69) is 25.7 Å². The van der Waals surface area contributed by atoms with Crippen molar-refractivity contribution in [2.75, 3.05) is 25.9 Å². The molecule has 0 saturated heterocycles. The van der Waals surface area contributed by atoms with E-state index in [0.717, 1.165) is 0 Å². The molecule has 70 valence electrons. The molecule has 0 heterocycles. The minimum atomic E-state index is -1.61. The van der Waals surface area contributed by atoms with Gasteiger partial charge in [0, 0.05) is 6.26 Å². The van der Waals surface area contributed by atoms with Crippen LogP contribution in [0.15, 0.2) is 0 Å². The van der Waals surface area contributed by atoms with Gasteiger partial charge in [-0.1, -0.05) is 20.8 Å². The molecule has 0 radical (unpaired) electrons. The number of hydrogen-bond donors (Lipinski definition) is 1. The third-order valence-electron chi connectivity index (χ3n) is 1.34. The molecule has 0 bridgehead atoms. The molecule has 11 heavy (non-hydrogen) atoms. The quantitative estimate of drug-likeness (QED) is 0.665. The van der Waals surface area contributed by atoms with Crippen molar-refractivity contribution in [1.82, 2.24) is 4.90 Å². The fourth-order valence-corrected chi connectivity index (χ4v) is 0.671. The Bertz CT molecular complexity index is 84.9. The summed E-state index contributed by atoms with van der Waals surface area (Å²) in [6, 6.07) is 0. The number of nitrogens with zero attached hydrogens (tertiary/aromatic N) is 1. The highest BCUT2D eigenvalue weighted by molar-refractivity contribution is 7.78. The zero-order valence-electron chi connectivity index (χ0n) is 7.83. The molecule has 0 amide bonds. The van der Waals surface area contributed by atoms with Gasteiger partial charge in [-0.05, 0) is 19.6 Å². The molecule has 0 aliphatic carbocycles. The predicted octanol–water partition coefficient (Wildman–Crippen LogP) is 1.19. The van der Waals surface area contributed by atoms with Crippen molar-refractivity contribution in [3.63, 3.8) is 0 Å². The van der Waals surface area contributed by atoms with Gasteiger partial charge in [0.25, 0.3) is 0 Å². The maximum Gasteiger partial charge on any atom is 0.149 e. The van der Waals surface area contributed by atoms with Crippen LogP contribution in [0.4, 0.5) is 0 Å². The van der Waals surface area contributed by atoms with E-state index in [4.69, 9.17) is 8.76 Å². The van der Waals surface area contributed by atoms with Crippen LogP contribution in [0.5, 0.6) is 0 Å². The van der Waals surface area contributed by atoms with E-state index in [1.165, 1.54) is 25.9 Å². The lowest BCUT2D eigenvalue weighted by molar-refractivity contribution is 0.321. The van der Waals surface area contributed by atoms with Crippen LogP contribution in [0.3, 0.4) is 0 Å². The molecule has 1 unspecified atom stereocenters. The van der Waals surface area contributed by atoms with E-state index in [1.54, 1.807) is 0 Å². The molecular formula is C7H19NO2S. The van der Waals surface area contributed by atoms with Crippen molar-refractivity contribution in [3.05, 3.63) is 0 Å². The summed E-state index contributed by atoms with van der Waals surface area (Å²) in [5.41, 5.74) is 0. The van der Waals surface area contributed by atoms with Crippen LogP contribution in [-0.2, 0) is 11.1 Å². The Labute approximate surface area is 72.1 Å². The van der Waals surface area contributed by atoms with Gasteiger partial charge in [0.05, 0.1) is 0 Å². The Hall–Kier alpha value is 0.0700. The number of hydrogen-bond acceptors (Lipinski definition) is 2. The molecule has 0 aromatic carbocycles. The van der Waals surface area contributed by atoms with Crippen molar-refractivity contribution in [2.45, 2.75) is 20.8 Å². The second-order valence-electron chi connectivity index (χ2n) is 2.04. The van der Waals surface area contributed by atoms with E-state index in [1.807, 2.05) is 0 Å². The van der Waals surface area contributed by atoms with Crippen molar-refractivity contribution in [1.29, 1.82) is 0 Å². The molecule has 4 heteroatoms. The van der Waals surface area contributed by atoms with Crippen LogP contribution in [0, 0.1) is 0 Å². The maximum absolute atomic E-state index is 9.11. The lowest BCUT2D eigenvalue weighted by Gasteiger charge is -2.13. The van der Waals surface area contributed by atoms with Gasteiger partial charge in [0.2, 0.25) is 0 Å². The molecule has 0 fully saturated rings. The van der Waals surface area contributed by atoms with Crippen LogP contribution in [-0.4, -0.2) is 39.6 Å². The van der Waals surface area contributed by atoms with Crippen LogP contribution in [0.2, 0.25) is 0 Å². The second kappa shape index (κ2) is 10.1. The first-order valence-corrected chi connectivity index (χ1v) is 5.34. The van der Waals surface area contributed by atoms with Gasteiger partial charge in [-0.15, -0.1) is 0 Å². The first-order chi connectivity index (χ1) is 5.08. The first-order valence-electron chi connectivity index (χ1n) is 3.83. The lowest BCUT2D eigenvalue weighted by Crippen LogP contribution is -2.21. The van der Waals surface area contributed by atoms with Crippen molar-refractivity contribution in [2.24, 2.45) is 0 Å². The van der Waals surface area contributed by atoms with E-state index in [-0.39, 0.29) is 0 Å². The van der Waals surface area contributed by atoms with E-state index >= 15 is 0 Å². The van der Waals surface area contributed by atoms with Crippen LogP contribution >= 0.6 is 0 Å². The van der Waals surface area contributed by atoms with E-state index in [9.17, 15) is 0 Å². The average Bonchev–Trinajstić information content (AvgIpc) is 1.90. The Morgan fingerprint density at radius 2 is 1.36 bits per heavy atom. The second-order valence-corrected chi connectivity index (χ2v) is 2.89.